The molecule has 1 aliphatic rings. The Hall–Kier alpha value is -2.89. The fourth-order valence-electron chi connectivity index (χ4n) is 3.02. The maximum Gasteiger partial charge on any atom is 0.289 e. The Morgan fingerprint density at radius 3 is 2.83 bits per heavy atom. The molecule has 1 aliphatic heterocycles. The van der Waals surface area contributed by atoms with Gasteiger partial charge < -0.3 is 9.32 Å². The summed E-state index contributed by atoms with van der Waals surface area (Å²) in [5.41, 5.74) is 1.42. The number of amides is 1. The molecule has 6 heteroatoms. The number of likely N-dealkylation sites (tertiary alicyclic amines) is 1. The summed E-state index contributed by atoms with van der Waals surface area (Å²) >= 11 is 0. The fraction of sp³-hybridized carbons (Fsp3) is 0.278. The molecule has 4 rings (SSSR count). The molecule has 1 aromatic carbocycles. The van der Waals surface area contributed by atoms with Crippen molar-refractivity contribution in [2.45, 2.75) is 13.5 Å². The fourth-order valence-corrected chi connectivity index (χ4v) is 3.02. The molecule has 1 amide bonds. The zero-order valence-corrected chi connectivity index (χ0v) is 13.3. The summed E-state index contributed by atoms with van der Waals surface area (Å²) in [7, 11) is 0. The van der Waals surface area contributed by atoms with Crippen molar-refractivity contribution in [3.8, 4) is 0 Å². The number of aromatic nitrogens is 2. The third-order valence-corrected chi connectivity index (χ3v) is 4.31. The third kappa shape index (κ3) is 2.60. The van der Waals surface area contributed by atoms with Gasteiger partial charge in [0, 0.05) is 30.5 Å². The van der Waals surface area contributed by atoms with Crippen LogP contribution in [-0.2, 0) is 6.54 Å². The molecule has 122 valence electrons. The monoisotopic (exact) mass is 323 g/mol. The Labute approximate surface area is 138 Å². The lowest BCUT2D eigenvalue weighted by molar-refractivity contribution is 0.0429. The minimum absolute atomic E-state index is 0.105. The second-order valence-electron chi connectivity index (χ2n) is 6.22. The van der Waals surface area contributed by atoms with Crippen molar-refractivity contribution in [1.82, 2.24) is 14.7 Å². The van der Waals surface area contributed by atoms with E-state index in [4.69, 9.17) is 4.42 Å². The number of hydrogen-bond donors (Lipinski definition) is 0. The Morgan fingerprint density at radius 1 is 1.25 bits per heavy atom. The average Bonchev–Trinajstić information content (AvgIpc) is 2.97. The molecule has 0 unspecified atom stereocenters. The second-order valence-corrected chi connectivity index (χ2v) is 6.22. The van der Waals surface area contributed by atoms with E-state index in [0.717, 1.165) is 11.1 Å². The molecule has 3 aromatic rings. The number of hydrogen-bond acceptors (Lipinski definition) is 4. The lowest BCUT2D eigenvalue weighted by Crippen LogP contribution is -2.52. The molecular formula is C18H17N3O3. The number of para-hydroxylation sites is 1. The summed E-state index contributed by atoms with van der Waals surface area (Å²) in [6, 6.07) is 12.6. The van der Waals surface area contributed by atoms with Crippen molar-refractivity contribution >= 4 is 16.9 Å². The number of furan rings is 1. The van der Waals surface area contributed by atoms with Crippen molar-refractivity contribution < 1.29 is 9.21 Å². The van der Waals surface area contributed by atoms with Gasteiger partial charge in [-0.2, -0.15) is 5.10 Å². The molecule has 3 heterocycles. The number of nitrogens with zero attached hydrogens (tertiary/aromatic N) is 3. The van der Waals surface area contributed by atoms with Gasteiger partial charge >= 0.3 is 0 Å². The van der Waals surface area contributed by atoms with E-state index in [1.807, 2.05) is 31.2 Å². The van der Waals surface area contributed by atoms with E-state index in [-0.39, 0.29) is 17.4 Å². The first-order valence-electron chi connectivity index (χ1n) is 7.93. The maximum atomic E-state index is 12.5. The highest BCUT2D eigenvalue weighted by atomic mass is 16.3. The van der Waals surface area contributed by atoms with Crippen molar-refractivity contribution in [2.24, 2.45) is 5.92 Å². The van der Waals surface area contributed by atoms with E-state index in [0.29, 0.717) is 31.0 Å². The highest BCUT2D eigenvalue weighted by Gasteiger charge is 2.33. The van der Waals surface area contributed by atoms with Gasteiger partial charge in [-0.1, -0.05) is 18.2 Å². The van der Waals surface area contributed by atoms with Crippen molar-refractivity contribution in [2.75, 3.05) is 13.1 Å². The lowest BCUT2D eigenvalue weighted by atomic mass is 10.00. The Morgan fingerprint density at radius 2 is 2.04 bits per heavy atom. The highest BCUT2D eigenvalue weighted by molar-refractivity contribution is 5.96. The highest BCUT2D eigenvalue weighted by Crippen LogP contribution is 2.24. The van der Waals surface area contributed by atoms with E-state index in [1.54, 1.807) is 17.0 Å². The molecule has 0 atom stereocenters. The van der Waals surface area contributed by atoms with Gasteiger partial charge in [0.2, 0.25) is 0 Å². The van der Waals surface area contributed by atoms with Gasteiger partial charge in [0.05, 0.1) is 12.2 Å². The van der Waals surface area contributed by atoms with Crippen LogP contribution < -0.4 is 5.56 Å². The SMILES string of the molecule is Cc1ccc(=O)n(CC2CN(C(=O)c3cc4ccccc4o3)C2)n1. The average molecular weight is 323 g/mol. The summed E-state index contributed by atoms with van der Waals surface area (Å²) in [6.45, 7) is 3.61. The third-order valence-electron chi connectivity index (χ3n) is 4.31. The zero-order chi connectivity index (χ0) is 16.7. The molecular weight excluding hydrogens is 306 g/mol. The number of rotatable bonds is 3. The van der Waals surface area contributed by atoms with Crippen molar-refractivity contribution in [3.05, 3.63) is 64.3 Å². The maximum absolute atomic E-state index is 12.5. The molecule has 0 bridgehead atoms. The van der Waals surface area contributed by atoms with Crippen LogP contribution >= 0.6 is 0 Å². The lowest BCUT2D eigenvalue weighted by Gasteiger charge is -2.38. The molecule has 1 saturated heterocycles. The van der Waals surface area contributed by atoms with Crippen LogP contribution in [0.5, 0.6) is 0 Å². The smallest absolute Gasteiger partial charge is 0.289 e. The standard InChI is InChI=1S/C18H17N3O3/c1-12-6-7-17(22)21(19-12)11-13-9-20(10-13)18(23)16-8-14-4-2-3-5-15(14)24-16/h2-8,13H,9-11H2,1H3. The number of carbonyl (C=O) groups excluding carboxylic acids is 1. The van der Waals surface area contributed by atoms with Gasteiger partial charge in [0.25, 0.3) is 11.5 Å². The van der Waals surface area contributed by atoms with E-state index in [9.17, 15) is 9.59 Å². The normalized spacial score (nSPS) is 14.8. The largest absolute Gasteiger partial charge is 0.451 e. The molecule has 1 fully saturated rings. The van der Waals surface area contributed by atoms with Crippen molar-refractivity contribution in [1.29, 1.82) is 0 Å². The van der Waals surface area contributed by atoms with Crippen LogP contribution in [-0.4, -0.2) is 33.7 Å². The van der Waals surface area contributed by atoms with Crippen molar-refractivity contribution in [3.63, 3.8) is 0 Å². The predicted octanol–water partition coefficient (Wildman–Crippen LogP) is 2.07. The number of benzene rings is 1. The molecule has 0 aliphatic carbocycles. The minimum atomic E-state index is -0.109. The Bertz CT molecular complexity index is 934. The first-order chi connectivity index (χ1) is 11.6. The quantitative estimate of drug-likeness (QED) is 0.740. The van der Waals surface area contributed by atoms with Crippen LogP contribution in [0.3, 0.4) is 0 Å². The summed E-state index contributed by atoms with van der Waals surface area (Å²) in [5.74, 6) is 0.498. The molecule has 24 heavy (non-hydrogen) atoms. The van der Waals surface area contributed by atoms with Crippen LogP contribution in [0, 0.1) is 12.8 Å². The Balaban J connectivity index is 1.42. The molecule has 0 saturated carbocycles. The van der Waals surface area contributed by atoms with Gasteiger partial charge in [-0.05, 0) is 25.1 Å². The van der Waals surface area contributed by atoms with Crippen LogP contribution in [0.1, 0.15) is 16.2 Å². The number of fused-ring (bicyclic) bond motifs is 1. The molecule has 2 aromatic heterocycles. The summed E-state index contributed by atoms with van der Waals surface area (Å²) < 4.78 is 7.09. The van der Waals surface area contributed by atoms with Crippen LogP contribution in [0.4, 0.5) is 0 Å². The van der Waals surface area contributed by atoms with E-state index < -0.39 is 0 Å². The first-order valence-corrected chi connectivity index (χ1v) is 7.93. The number of aryl methyl sites for hydroxylation is 1. The summed E-state index contributed by atoms with van der Waals surface area (Å²) in [6.07, 6.45) is 0. The summed E-state index contributed by atoms with van der Waals surface area (Å²) in [4.78, 5) is 26.0. The van der Waals surface area contributed by atoms with Gasteiger partial charge in [0.15, 0.2) is 5.76 Å². The minimum Gasteiger partial charge on any atom is -0.451 e. The second kappa shape index (κ2) is 5.63. The van der Waals surface area contributed by atoms with Gasteiger partial charge in [-0.25, -0.2) is 4.68 Å². The van der Waals surface area contributed by atoms with Gasteiger partial charge in [-0.15, -0.1) is 0 Å². The molecule has 0 radical (unpaired) electrons. The first kappa shape index (κ1) is 14.7. The predicted molar refractivity (Wildman–Crippen MR) is 88.8 cm³/mol. The Kier molecular flexibility index (Phi) is 3.45. The van der Waals surface area contributed by atoms with E-state index in [1.165, 1.54) is 10.7 Å². The van der Waals surface area contributed by atoms with E-state index >= 15 is 0 Å². The van der Waals surface area contributed by atoms with Gasteiger partial charge in [-0.3, -0.25) is 9.59 Å². The van der Waals surface area contributed by atoms with Gasteiger partial charge in [0.1, 0.15) is 5.58 Å². The topological polar surface area (TPSA) is 68.3 Å². The van der Waals surface area contributed by atoms with Crippen LogP contribution in [0.2, 0.25) is 0 Å². The summed E-state index contributed by atoms with van der Waals surface area (Å²) in [5, 5.41) is 5.16. The number of carbonyl (C=O) groups is 1. The van der Waals surface area contributed by atoms with E-state index in [2.05, 4.69) is 5.10 Å². The molecule has 6 nitrogen and oxygen atoms in total. The zero-order valence-electron chi connectivity index (χ0n) is 13.3. The molecule has 0 N–H and O–H groups in total. The van der Waals surface area contributed by atoms with Crippen LogP contribution in [0.15, 0.2) is 51.7 Å². The van der Waals surface area contributed by atoms with Crippen LogP contribution in [0.25, 0.3) is 11.0 Å². The molecule has 0 spiro atoms.